The number of nitro groups is 1. The van der Waals surface area contributed by atoms with Crippen LogP contribution in [0, 0.1) is 39.7 Å². The Morgan fingerprint density at radius 1 is 1.01 bits per heavy atom. The van der Waals surface area contributed by atoms with E-state index in [9.17, 15) is 52.4 Å². The summed E-state index contributed by atoms with van der Waals surface area (Å²) in [6.45, 7) is 12.6. The fraction of sp³-hybridized carbons (Fsp3) is 0.627. The zero-order chi connectivity index (χ0) is 55.5. The number of non-ortho nitro benzene ring substituents is 1. The van der Waals surface area contributed by atoms with Crippen molar-refractivity contribution in [3.05, 3.63) is 87.5 Å². The Balaban J connectivity index is 0.000000988. The summed E-state index contributed by atoms with van der Waals surface area (Å²) in [6, 6.07) is 5.80. The number of carbonyl (C=O) groups excluding carboxylic acids is 5. The van der Waals surface area contributed by atoms with Gasteiger partial charge < -0.3 is 69.3 Å². The maximum absolute atomic E-state index is 14.0. The van der Waals surface area contributed by atoms with Crippen LogP contribution >= 0.6 is 0 Å². The molecule has 0 radical (unpaired) electrons. The van der Waals surface area contributed by atoms with Gasteiger partial charge in [-0.25, -0.2) is 22.8 Å². The number of benzene rings is 1. The predicted molar refractivity (Wildman–Crippen MR) is 258 cm³/mol. The van der Waals surface area contributed by atoms with Crippen LogP contribution in [-0.4, -0.2) is 175 Å². The van der Waals surface area contributed by atoms with Gasteiger partial charge in [-0.1, -0.05) is 50.3 Å². The number of ether oxygens (including phenoxy) is 6. The number of hydrogen-bond donors (Lipinski definition) is 2. The van der Waals surface area contributed by atoms with Crippen LogP contribution in [0.1, 0.15) is 58.9 Å². The number of cyclic esters (lactones) is 1. The first-order valence-electron chi connectivity index (χ1n) is 25.3. The number of piperazine rings is 3. The Morgan fingerprint density at radius 2 is 1.64 bits per heavy atom. The first-order chi connectivity index (χ1) is 35.7. The molecule has 426 valence electrons. The molecule has 1 spiro atoms. The van der Waals surface area contributed by atoms with Crippen molar-refractivity contribution in [1.29, 1.82) is 0 Å². The number of nitrogens with zero attached hydrogens (tertiary/aromatic N) is 3. The standard InChI is InChI=1S/C50H65N4O14.CHF3O3S.BrH/c1-30-25-31(2)50-36(14-17-38-43(50)44(58)32(3)46(47(38)68-50)67-48(59)35-9-6-7-10-35)26-39(63-5)49(60)66-45(30)33(4)65-42(57)28-54-22-19-53(20-23-54,21-24-54)27-40(55)51-18-8-11-41(56)64-29-34-12-15-37(16-13-34)52(61)62;2-1(3,4)8(5,6)7;/h6-7,9,12-17,25,30,32-33,36,38-39,43-47,58H,8,10-11,18-24,26-29H2,1-5H3;(H,5,6,7);1H/q+1;;/p-1/b31-25+;;/t30-,32-,33-,36-,38-,39+,43+,44-,45+,46-,47-,50+,53?,54?;;/m1../s1. The molecular formula is C51H66BrF3N4O17S. The first-order valence-corrected chi connectivity index (χ1v) is 26.7. The molecule has 1 amide bonds. The molecule has 26 heteroatoms. The van der Waals surface area contributed by atoms with Crippen LogP contribution in [0.4, 0.5) is 18.9 Å². The molecule has 12 atom stereocenters. The zero-order valence-corrected chi connectivity index (χ0v) is 45.7. The van der Waals surface area contributed by atoms with Gasteiger partial charge in [-0.2, -0.15) is 13.2 Å². The third-order valence-electron chi connectivity index (χ3n) is 16.3. The molecule has 6 bridgehead atoms. The number of methoxy groups -OCH3 is 1. The van der Waals surface area contributed by atoms with Crippen molar-refractivity contribution in [1.82, 2.24) is 5.32 Å². The van der Waals surface area contributed by atoms with E-state index in [0.717, 1.165) is 25.2 Å². The summed E-state index contributed by atoms with van der Waals surface area (Å²) in [5.74, 6) is -3.80. The largest absolute Gasteiger partial charge is 1.00 e. The molecule has 9 rings (SSSR count). The van der Waals surface area contributed by atoms with Gasteiger partial charge in [-0.05, 0) is 56.4 Å². The number of hydrogen-bond acceptors (Lipinski definition) is 17. The quantitative estimate of drug-likeness (QED) is 0.0262. The van der Waals surface area contributed by atoms with E-state index in [1.807, 2.05) is 51.2 Å². The lowest BCUT2D eigenvalue weighted by atomic mass is 9.57. The lowest BCUT2D eigenvalue weighted by molar-refractivity contribution is -1.07. The normalized spacial score (nSPS) is 34.0. The summed E-state index contributed by atoms with van der Waals surface area (Å²) in [4.78, 5) is 76.7. The molecule has 1 aromatic rings. The van der Waals surface area contributed by atoms with Crippen molar-refractivity contribution in [2.75, 3.05) is 66.0 Å². The average molecular weight is 1180 g/mol. The topological polar surface area (TPSA) is 273 Å². The van der Waals surface area contributed by atoms with Crippen LogP contribution in [0.15, 0.2) is 71.9 Å². The fourth-order valence-corrected chi connectivity index (χ4v) is 12.1. The molecular weight excluding hydrogens is 1110 g/mol. The Morgan fingerprint density at radius 3 is 2.21 bits per heavy atom. The molecule has 2 N–H and O–H groups in total. The van der Waals surface area contributed by atoms with Gasteiger partial charge in [0.1, 0.15) is 75.9 Å². The maximum atomic E-state index is 14.0. The summed E-state index contributed by atoms with van der Waals surface area (Å²) >= 11 is 0. The predicted octanol–water partition coefficient (Wildman–Crippen LogP) is 0.460. The lowest BCUT2D eigenvalue weighted by Crippen LogP contribution is -3.00. The number of halogens is 4. The van der Waals surface area contributed by atoms with Crippen molar-refractivity contribution < 1.29 is 115 Å². The number of nitro benzene ring substituents is 1. The third kappa shape index (κ3) is 13.5. The Kier molecular flexibility index (Phi) is 19.5. The second-order valence-corrected chi connectivity index (χ2v) is 22.4. The minimum absolute atomic E-state index is 0. The molecule has 4 saturated heterocycles. The van der Waals surface area contributed by atoms with Crippen molar-refractivity contribution in [3.63, 3.8) is 0 Å². The van der Waals surface area contributed by atoms with E-state index >= 15 is 0 Å². The summed E-state index contributed by atoms with van der Waals surface area (Å²) in [5.41, 5.74) is -4.68. The first kappa shape index (κ1) is 61.1. The van der Waals surface area contributed by atoms with E-state index in [4.69, 9.17) is 41.4 Å². The molecule has 5 fully saturated rings. The maximum Gasteiger partial charge on any atom is 0.485 e. The monoisotopic (exact) mass is 1170 g/mol. The van der Waals surface area contributed by atoms with Crippen LogP contribution < -0.4 is 22.3 Å². The summed E-state index contributed by atoms with van der Waals surface area (Å²) < 4.78 is 96.7. The van der Waals surface area contributed by atoms with Gasteiger partial charge >= 0.3 is 29.4 Å². The average Bonchev–Trinajstić information content (AvgIpc) is 4.06. The van der Waals surface area contributed by atoms with E-state index < -0.39 is 98.5 Å². The van der Waals surface area contributed by atoms with Gasteiger partial charge in [0.25, 0.3) is 11.6 Å². The summed E-state index contributed by atoms with van der Waals surface area (Å²) in [7, 11) is -4.63. The number of amides is 1. The van der Waals surface area contributed by atoms with E-state index in [2.05, 4.69) is 5.32 Å². The molecule has 8 aliphatic rings. The molecule has 5 aliphatic heterocycles. The number of esters is 4. The number of aliphatic hydroxyl groups excluding tert-OH is 1. The molecule has 1 aromatic carbocycles. The number of allylic oxidation sites excluding steroid dienone is 3. The van der Waals surface area contributed by atoms with Crippen LogP contribution in [0.25, 0.3) is 0 Å². The SMILES string of the molecule is CO[C@H]1C[C@H]2C=C[C@H]3[C@H]4O[C@]2(/C(C)=C/[C@@H](C)[C@@H]([C@@H](C)OC(=O)C[N+]25CC[N+](CC(=O)NCCCC(=O)OCc6ccc([N+](=O)[O-])cc6)(CC2)CC5)OC1=O)[C@@H]3[C@H](O)[C@@H](C)[C@H]4OC(=O)C1=CC=CC1.O=S(=O)([O-])C(F)(F)F.[Br-]. The van der Waals surface area contributed by atoms with E-state index in [1.165, 1.54) is 19.2 Å². The van der Waals surface area contributed by atoms with E-state index in [1.54, 1.807) is 25.1 Å². The Labute approximate surface area is 454 Å². The number of fused-ring (bicyclic) bond motifs is 3. The van der Waals surface area contributed by atoms with Crippen LogP contribution in [0.3, 0.4) is 0 Å². The molecule has 77 heavy (non-hydrogen) atoms. The van der Waals surface area contributed by atoms with Crippen molar-refractivity contribution in [2.24, 2.45) is 29.6 Å². The second kappa shape index (κ2) is 24.5. The highest BCUT2D eigenvalue weighted by Gasteiger charge is 2.69. The second-order valence-electron chi connectivity index (χ2n) is 21.1. The number of quaternary nitrogens is 2. The number of rotatable bonds is 16. The molecule has 1 saturated carbocycles. The van der Waals surface area contributed by atoms with Gasteiger partial charge in [-0.3, -0.25) is 19.7 Å². The molecule has 3 aliphatic carbocycles. The molecule has 0 aromatic heterocycles. The van der Waals surface area contributed by atoms with Crippen molar-refractivity contribution >= 4 is 45.6 Å². The number of carbonyl (C=O) groups is 5. The van der Waals surface area contributed by atoms with E-state index in [0.29, 0.717) is 65.7 Å². The van der Waals surface area contributed by atoms with Crippen LogP contribution in [0.5, 0.6) is 0 Å². The number of aliphatic hydroxyl groups is 1. The Bertz CT molecular complexity index is 2610. The summed E-state index contributed by atoms with van der Waals surface area (Å²) in [5, 5.41) is 25.9. The fourth-order valence-electron chi connectivity index (χ4n) is 12.1. The van der Waals surface area contributed by atoms with Gasteiger partial charge in [0.15, 0.2) is 29.3 Å². The number of alkyl halides is 3. The highest BCUT2D eigenvalue weighted by atomic mass is 79.9. The van der Waals surface area contributed by atoms with Gasteiger partial charge in [0, 0.05) is 67.4 Å². The van der Waals surface area contributed by atoms with Crippen molar-refractivity contribution in [3.8, 4) is 0 Å². The van der Waals surface area contributed by atoms with E-state index in [-0.39, 0.29) is 72.3 Å². The molecule has 5 heterocycles. The molecule has 0 unspecified atom stereocenters. The van der Waals surface area contributed by atoms with Crippen molar-refractivity contribution in [2.45, 2.75) is 108 Å². The van der Waals surface area contributed by atoms with Gasteiger partial charge in [-0.15, -0.1) is 0 Å². The van der Waals surface area contributed by atoms with Crippen LogP contribution in [-0.2, 0) is 69.1 Å². The number of nitrogens with one attached hydrogen (secondary N) is 1. The molecule has 21 nitrogen and oxygen atoms in total. The minimum atomic E-state index is -6.09. The minimum Gasteiger partial charge on any atom is -1.00 e. The highest BCUT2D eigenvalue weighted by Crippen LogP contribution is 2.61. The summed E-state index contributed by atoms with van der Waals surface area (Å²) in [6.07, 6.45) is 8.00. The third-order valence-corrected chi connectivity index (χ3v) is 16.8. The lowest BCUT2D eigenvalue weighted by Gasteiger charge is -2.54. The van der Waals surface area contributed by atoms with Crippen LogP contribution in [0.2, 0.25) is 0 Å². The Hall–Kier alpha value is -5.09. The van der Waals surface area contributed by atoms with Gasteiger partial charge in [0.05, 0.1) is 11.0 Å². The smallest absolute Gasteiger partial charge is 0.485 e. The zero-order valence-electron chi connectivity index (χ0n) is 43.3. The highest BCUT2D eigenvalue weighted by molar-refractivity contribution is 7.86. The van der Waals surface area contributed by atoms with Gasteiger partial charge in [0.2, 0.25) is 0 Å².